The molecule has 5 heteroatoms. The van der Waals surface area contributed by atoms with Gasteiger partial charge >= 0.3 is 0 Å². The second-order valence-electron chi connectivity index (χ2n) is 8.10. The molecular formula is C21H28N4S. The van der Waals surface area contributed by atoms with Crippen LogP contribution in [0.15, 0.2) is 30.5 Å². The summed E-state index contributed by atoms with van der Waals surface area (Å²) in [5, 5.41) is 4.40. The largest absolute Gasteiger partial charge is 0.352 e. The maximum Gasteiger partial charge on any atom is 0.170 e. The molecule has 1 N–H and O–H groups in total. The standard InChI is InChI=1S/C21H28N4S/c1-13(2)12-24-20(17-11-14(3)25(15(17)4)16-8-9-16)19(23-21(24)26)18-7-5-6-10-22-18/h5-7,10-11,13,16,19-20H,8-9,12H2,1-4H3,(H,23,26)/t19-,20+/m0/s1. The van der Waals surface area contributed by atoms with Gasteiger partial charge in [-0.25, -0.2) is 0 Å². The number of hydrogen-bond acceptors (Lipinski definition) is 2. The van der Waals surface area contributed by atoms with Crippen molar-refractivity contribution in [1.29, 1.82) is 0 Å². The molecule has 0 bridgehead atoms. The third-order valence-electron chi connectivity index (χ3n) is 5.51. The molecular weight excluding hydrogens is 340 g/mol. The highest BCUT2D eigenvalue weighted by molar-refractivity contribution is 7.80. The van der Waals surface area contributed by atoms with E-state index in [1.807, 2.05) is 12.3 Å². The van der Waals surface area contributed by atoms with Gasteiger partial charge in [-0.3, -0.25) is 4.98 Å². The highest BCUT2D eigenvalue weighted by atomic mass is 32.1. The first-order valence-corrected chi connectivity index (χ1v) is 10.0. The van der Waals surface area contributed by atoms with Crippen LogP contribution in [-0.4, -0.2) is 26.1 Å². The molecule has 0 unspecified atom stereocenters. The van der Waals surface area contributed by atoms with E-state index in [0.717, 1.165) is 17.4 Å². The molecule has 138 valence electrons. The molecule has 2 aliphatic rings. The Kier molecular flexibility index (Phi) is 4.51. The van der Waals surface area contributed by atoms with E-state index in [4.69, 9.17) is 12.2 Å². The van der Waals surface area contributed by atoms with Crippen molar-refractivity contribution in [3.05, 3.63) is 53.1 Å². The molecule has 1 saturated heterocycles. The molecule has 4 nitrogen and oxygen atoms in total. The topological polar surface area (TPSA) is 33.1 Å². The fourth-order valence-electron chi connectivity index (χ4n) is 4.33. The van der Waals surface area contributed by atoms with Gasteiger partial charge in [-0.1, -0.05) is 19.9 Å². The molecule has 0 radical (unpaired) electrons. The van der Waals surface area contributed by atoms with Crippen LogP contribution in [0, 0.1) is 19.8 Å². The van der Waals surface area contributed by atoms with E-state index in [0.29, 0.717) is 12.0 Å². The molecule has 0 aromatic carbocycles. The quantitative estimate of drug-likeness (QED) is 0.790. The molecule has 1 saturated carbocycles. The van der Waals surface area contributed by atoms with Crippen LogP contribution in [0.2, 0.25) is 0 Å². The van der Waals surface area contributed by atoms with Gasteiger partial charge < -0.3 is 14.8 Å². The average molecular weight is 369 g/mol. The summed E-state index contributed by atoms with van der Waals surface area (Å²) in [5.41, 5.74) is 5.19. The van der Waals surface area contributed by atoms with Crippen LogP contribution in [0.5, 0.6) is 0 Å². The van der Waals surface area contributed by atoms with E-state index in [1.165, 1.54) is 29.8 Å². The van der Waals surface area contributed by atoms with Crippen LogP contribution in [0.25, 0.3) is 0 Å². The third-order valence-corrected chi connectivity index (χ3v) is 5.87. The van der Waals surface area contributed by atoms with Crippen molar-refractivity contribution in [2.75, 3.05) is 6.54 Å². The number of hydrogen-bond donors (Lipinski definition) is 1. The molecule has 0 amide bonds. The van der Waals surface area contributed by atoms with Gasteiger partial charge in [0.05, 0.1) is 17.8 Å². The number of pyridine rings is 1. The van der Waals surface area contributed by atoms with Gasteiger partial charge in [-0.2, -0.15) is 0 Å². The lowest BCUT2D eigenvalue weighted by Crippen LogP contribution is -2.33. The normalized spacial score (nSPS) is 23.0. The van der Waals surface area contributed by atoms with Crippen molar-refractivity contribution in [2.45, 2.75) is 58.7 Å². The lowest BCUT2D eigenvalue weighted by Gasteiger charge is -2.29. The number of thiocarbonyl (C=S) groups is 1. The van der Waals surface area contributed by atoms with Crippen LogP contribution in [0.3, 0.4) is 0 Å². The summed E-state index contributed by atoms with van der Waals surface area (Å²) < 4.78 is 2.53. The molecule has 2 atom stereocenters. The zero-order chi connectivity index (χ0) is 18.4. The molecule has 3 heterocycles. The summed E-state index contributed by atoms with van der Waals surface area (Å²) in [4.78, 5) is 7.01. The van der Waals surface area contributed by atoms with E-state index in [9.17, 15) is 0 Å². The maximum atomic E-state index is 5.74. The monoisotopic (exact) mass is 368 g/mol. The van der Waals surface area contributed by atoms with Crippen molar-refractivity contribution in [2.24, 2.45) is 5.92 Å². The van der Waals surface area contributed by atoms with Gasteiger partial charge in [0, 0.05) is 30.2 Å². The van der Waals surface area contributed by atoms with Crippen molar-refractivity contribution in [3.8, 4) is 0 Å². The average Bonchev–Trinajstić information content (AvgIpc) is 3.33. The van der Waals surface area contributed by atoms with Gasteiger partial charge in [0.1, 0.15) is 0 Å². The van der Waals surface area contributed by atoms with Crippen LogP contribution < -0.4 is 5.32 Å². The van der Waals surface area contributed by atoms with Crippen molar-refractivity contribution in [3.63, 3.8) is 0 Å². The number of rotatable bonds is 5. The zero-order valence-electron chi connectivity index (χ0n) is 16.1. The Morgan fingerprint density at radius 2 is 2.04 bits per heavy atom. The van der Waals surface area contributed by atoms with Crippen molar-refractivity contribution in [1.82, 2.24) is 19.8 Å². The summed E-state index contributed by atoms with van der Waals surface area (Å²) >= 11 is 5.74. The van der Waals surface area contributed by atoms with Gasteiger partial charge in [-0.15, -0.1) is 0 Å². The van der Waals surface area contributed by atoms with Gasteiger partial charge in [0.15, 0.2) is 5.11 Å². The Morgan fingerprint density at radius 1 is 1.27 bits per heavy atom. The second-order valence-corrected chi connectivity index (χ2v) is 8.49. The fourth-order valence-corrected chi connectivity index (χ4v) is 4.65. The predicted molar refractivity (Wildman–Crippen MR) is 109 cm³/mol. The van der Waals surface area contributed by atoms with Crippen molar-refractivity contribution >= 4 is 17.3 Å². The highest BCUT2D eigenvalue weighted by Crippen LogP contribution is 2.44. The van der Waals surface area contributed by atoms with E-state index in [2.05, 4.69) is 65.7 Å². The van der Waals surface area contributed by atoms with E-state index >= 15 is 0 Å². The maximum absolute atomic E-state index is 5.74. The fraction of sp³-hybridized carbons (Fsp3) is 0.524. The summed E-state index contributed by atoms with van der Waals surface area (Å²) in [6.45, 7) is 9.96. The Labute approximate surface area is 161 Å². The van der Waals surface area contributed by atoms with Gasteiger partial charge in [0.2, 0.25) is 0 Å². The number of aromatic nitrogens is 2. The lowest BCUT2D eigenvalue weighted by atomic mass is 9.96. The van der Waals surface area contributed by atoms with E-state index in [-0.39, 0.29) is 12.1 Å². The number of nitrogens with zero attached hydrogens (tertiary/aromatic N) is 3. The first-order chi connectivity index (χ1) is 12.5. The van der Waals surface area contributed by atoms with Gasteiger partial charge in [-0.05, 0) is 68.6 Å². The Balaban J connectivity index is 1.79. The molecule has 2 aromatic rings. The number of nitrogens with one attached hydrogen (secondary N) is 1. The molecule has 2 aromatic heterocycles. The first-order valence-electron chi connectivity index (χ1n) is 9.63. The Morgan fingerprint density at radius 3 is 2.65 bits per heavy atom. The molecule has 1 aliphatic carbocycles. The number of aryl methyl sites for hydroxylation is 1. The van der Waals surface area contributed by atoms with Crippen molar-refractivity contribution < 1.29 is 0 Å². The third kappa shape index (κ3) is 3.02. The zero-order valence-corrected chi connectivity index (χ0v) is 16.9. The predicted octanol–water partition coefficient (Wildman–Crippen LogP) is 4.46. The van der Waals surface area contributed by atoms with Crippen LogP contribution in [0.1, 0.15) is 67.5 Å². The first kappa shape index (κ1) is 17.5. The smallest absolute Gasteiger partial charge is 0.170 e. The minimum Gasteiger partial charge on any atom is -0.352 e. The van der Waals surface area contributed by atoms with Crippen LogP contribution >= 0.6 is 12.2 Å². The minimum atomic E-state index is 0.0932. The van der Waals surface area contributed by atoms with Gasteiger partial charge in [0.25, 0.3) is 0 Å². The van der Waals surface area contributed by atoms with Crippen LogP contribution in [0.4, 0.5) is 0 Å². The van der Waals surface area contributed by atoms with E-state index in [1.54, 1.807) is 0 Å². The molecule has 26 heavy (non-hydrogen) atoms. The molecule has 2 fully saturated rings. The lowest BCUT2D eigenvalue weighted by molar-refractivity contribution is 0.286. The van der Waals surface area contributed by atoms with E-state index < -0.39 is 0 Å². The molecule has 0 spiro atoms. The summed E-state index contributed by atoms with van der Waals surface area (Å²) in [6, 6.07) is 9.48. The second kappa shape index (κ2) is 6.69. The summed E-state index contributed by atoms with van der Waals surface area (Å²) in [6.07, 6.45) is 4.47. The SMILES string of the molecule is Cc1cc([C@@H]2[C@H](c3ccccn3)NC(=S)N2CC(C)C)c(C)n1C1CC1. The Hall–Kier alpha value is -1.88. The summed E-state index contributed by atoms with van der Waals surface area (Å²) in [5.74, 6) is 0.548. The molecule has 1 aliphatic heterocycles. The van der Waals surface area contributed by atoms with Crippen LogP contribution in [-0.2, 0) is 0 Å². The minimum absolute atomic E-state index is 0.0932. The highest BCUT2D eigenvalue weighted by Gasteiger charge is 2.42. The summed E-state index contributed by atoms with van der Waals surface area (Å²) in [7, 11) is 0. The molecule has 4 rings (SSSR count). The Bertz CT molecular complexity index is 807.